The lowest BCUT2D eigenvalue weighted by molar-refractivity contribution is -0.255. The van der Waals surface area contributed by atoms with E-state index in [1.807, 2.05) is 24.3 Å². The van der Waals surface area contributed by atoms with Gasteiger partial charge in [0.2, 0.25) is 0 Å². The number of nitrogens with zero attached hydrogens (tertiary/aromatic N) is 1. The van der Waals surface area contributed by atoms with Gasteiger partial charge in [0.15, 0.2) is 0 Å². The Bertz CT molecular complexity index is 676. The van der Waals surface area contributed by atoms with Crippen LogP contribution < -0.4 is 5.11 Å². The van der Waals surface area contributed by atoms with Gasteiger partial charge in [-0.15, -0.1) is 0 Å². The first-order chi connectivity index (χ1) is 10.7. The minimum absolute atomic E-state index is 0.188. The van der Waals surface area contributed by atoms with Gasteiger partial charge in [-0.25, -0.2) is 0 Å². The summed E-state index contributed by atoms with van der Waals surface area (Å²) in [5.74, 6) is -1.16. The number of benzene rings is 2. The third-order valence-corrected chi connectivity index (χ3v) is 3.42. The van der Waals surface area contributed by atoms with Gasteiger partial charge >= 0.3 is 6.07 Å². The van der Waals surface area contributed by atoms with Crippen molar-refractivity contribution in [1.29, 1.82) is 0 Å². The molecule has 0 saturated carbocycles. The average Bonchev–Trinajstić information content (AvgIpc) is 2.55. The molecule has 0 spiro atoms. The van der Waals surface area contributed by atoms with Crippen LogP contribution in [-0.4, -0.2) is 12.5 Å². The molecule has 2 rings (SSSR count). The fraction of sp³-hybridized carbons (Fsp3) is 0.263. The monoisotopic (exact) mass is 293 g/mol. The molecule has 2 aromatic rings. The number of carboxylic acid groups (broad SMARTS) is 1. The third kappa shape index (κ3) is 4.46. The highest BCUT2D eigenvalue weighted by molar-refractivity contribution is 5.86. The summed E-state index contributed by atoms with van der Waals surface area (Å²) < 4.78 is 0. The number of carbonyl (C=O) groups is 1. The van der Waals surface area contributed by atoms with E-state index >= 15 is 0 Å². The predicted molar refractivity (Wildman–Crippen MR) is 86.9 cm³/mol. The third-order valence-electron chi connectivity index (χ3n) is 3.42. The second-order valence-electron chi connectivity index (χ2n) is 5.14. The van der Waals surface area contributed by atoms with Crippen molar-refractivity contribution in [2.75, 3.05) is 6.54 Å². The van der Waals surface area contributed by atoms with Crippen molar-refractivity contribution in [3.05, 3.63) is 64.5 Å². The van der Waals surface area contributed by atoms with E-state index in [1.54, 1.807) is 24.3 Å². The molecule has 112 valence electrons. The smallest absolute Gasteiger partial charge is 0.311 e. The van der Waals surface area contributed by atoms with Gasteiger partial charge in [0, 0.05) is 6.42 Å². The van der Waals surface area contributed by atoms with E-state index < -0.39 is 5.97 Å². The maximum absolute atomic E-state index is 10.7. The van der Waals surface area contributed by atoms with E-state index in [9.17, 15) is 9.90 Å². The molecular weight excluding hydrogens is 274 g/mol. The van der Waals surface area contributed by atoms with Crippen LogP contribution in [0.5, 0.6) is 0 Å². The molecule has 0 N–H and O–H groups in total. The van der Waals surface area contributed by atoms with Gasteiger partial charge in [-0.2, -0.15) is 0 Å². The van der Waals surface area contributed by atoms with Crippen LogP contribution in [0.3, 0.4) is 0 Å². The number of carboxylic acids is 1. The summed E-state index contributed by atoms with van der Waals surface area (Å²) in [7, 11) is 0. The minimum atomic E-state index is -1.16. The van der Waals surface area contributed by atoms with Gasteiger partial charge in [-0.05, 0) is 35.2 Å². The SMILES string of the molecule is CCCCC[N+]#Cc1ccc(-c2ccc(C(=O)[O-])cc2)cc1. The molecule has 0 bridgehead atoms. The minimum Gasteiger partial charge on any atom is -0.545 e. The molecule has 3 heteroatoms. The van der Waals surface area contributed by atoms with Crippen LogP contribution in [-0.2, 0) is 0 Å². The summed E-state index contributed by atoms with van der Waals surface area (Å²) in [5, 5.41) is 10.7. The van der Waals surface area contributed by atoms with Crippen molar-refractivity contribution in [2.45, 2.75) is 26.2 Å². The Morgan fingerprint density at radius 1 is 1.00 bits per heavy atom. The second-order valence-corrected chi connectivity index (χ2v) is 5.14. The molecule has 22 heavy (non-hydrogen) atoms. The van der Waals surface area contributed by atoms with E-state index in [0.29, 0.717) is 0 Å². The molecule has 0 fully saturated rings. The van der Waals surface area contributed by atoms with E-state index in [0.717, 1.165) is 29.7 Å². The number of hydrogen-bond acceptors (Lipinski definition) is 2. The molecule has 0 saturated heterocycles. The molecule has 3 nitrogen and oxygen atoms in total. The normalized spacial score (nSPS) is 9.86. The van der Waals surface area contributed by atoms with E-state index in [1.165, 1.54) is 12.8 Å². The first kappa shape index (κ1) is 15.8. The van der Waals surface area contributed by atoms with Gasteiger partial charge in [-0.3, -0.25) is 0 Å². The molecule has 2 aromatic carbocycles. The summed E-state index contributed by atoms with van der Waals surface area (Å²) in [5.41, 5.74) is 3.14. The Labute approximate surface area is 131 Å². The van der Waals surface area contributed by atoms with Crippen LogP contribution in [0.1, 0.15) is 42.1 Å². The lowest BCUT2D eigenvalue weighted by Crippen LogP contribution is -2.21. The number of unbranched alkanes of at least 4 members (excludes halogenated alkanes) is 2. The van der Waals surface area contributed by atoms with Crippen molar-refractivity contribution in [3.63, 3.8) is 0 Å². The van der Waals surface area contributed by atoms with Crippen LogP contribution in [0.2, 0.25) is 0 Å². The maximum Gasteiger partial charge on any atom is 0.311 e. The summed E-state index contributed by atoms with van der Waals surface area (Å²) in [6, 6.07) is 17.6. The average molecular weight is 293 g/mol. The zero-order valence-electron chi connectivity index (χ0n) is 12.7. The van der Waals surface area contributed by atoms with Crippen molar-refractivity contribution in [3.8, 4) is 17.2 Å². The molecule has 0 aliphatic rings. The van der Waals surface area contributed by atoms with E-state index in [4.69, 9.17) is 0 Å². The zero-order chi connectivity index (χ0) is 15.8. The van der Waals surface area contributed by atoms with Gasteiger partial charge in [0.25, 0.3) is 6.54 Å². The maximum atomic E-state index is 10.7. The molecule has 0 aromatic heterocycles. The topological polar surface area (TPSA) is 44.5 Å². The molecule has 0 heterocycles. The lowest BCUT2D eigenvalue weighted by Gasteiger charge is -2.04. The predicted octanol–water partition coefficient (Wildman–Crippen LogP) is 3.59. The van der Waals surface area contributed by atoms with Crippen LogP contribution in [0, 0.1) is 6.07 Å². The quantitative estimate of drug-likeness (QED) is 0.791. The summed E-state index contributed by atoms with van der Waals surface area (Å²) in [4.78, 5) is 15.0. The Kier molecular flexibility index (Phi) is 5.73. The van der Waals surface area contributed by atoms with Crippen LogP contribution in [0.25, 0.3) is 16.0 Å². The standard InChI is InChI=1S/C19H19NO2/c1-2-3-4-13-20-14-15-5-7-16(8-6-15)17-9-11-18(12-10-17)19(21)22/h5-12H,2-4,13H2,1H3. The molecule has 0 aliphatic heterocycles. The van der Waals surface area contributed by atoms with Gasteiger partial charge in [0.1, 0.15) is 5.56 Å². The number of hydrogen-bond donors (Lipinski definition) is 0. The molecular formula is C19H19NO2. The first-order valence-corrected chi connectivity index (χ1v) is 7.55. The van der Waals surface area contributed by atoms with Crippen LogP contribution in [0.15, 0.2) is 48.5 Å². The Morgan fingerprint density at radius 3 is 2.14 bits per heavy atom. The fourth-order valence-electron chi connectivity index (χ4n) is 2.12. The highest BCUT2D eigenvalue weighted by Crippen LogP contribution is 2.20. The number of rotatable bonds is 5. The van der Waals surface area contributed by atoms with E-state index in [-0.39, 0.29) is 5.56 Å². The molecule has 0 aliphatic carbocycles. The van der Waals surface area contributed by atoms with Crippen molar-refractivity contribution >= 4 is 5.97 Å². The first-order valence-electron chi connectivity index (χ1n) is 7.55. The zero-order valence-corrected chi connectivity index (χ0v) is 12.7. The molecule has 0 atom stereocenters. The number of carbonyl (C=O) groups excluding carboxylic acids is 1. The molecule has 0 unspecified atom stereocenters. The summed E-state index contributed by atoms with van der Waals surface area (Å²) in [6.45, 7) is 2.99. The molecule has 0 radical (unpaired) electrons. The summed E-state index contributed by atoms with van der Waals surface area (Å²) >= 11 is 0. The molecule has 0 amide bonds. The Hall–Kier alpha value is -2.60. The Balaban J connectivity index is 2.03. The Morgan fingerprint density at radius 2 is 1.59 bits per heavy atom. The summed E-state index contributed by atoms with van der Waals surface area (Å²) in [6.07, 6.45) is 3.50. The second kappa shape index (κ2) is 7.99. The van der Waals surface area contributed by atoms with Crippen molar-refractivity contribution in [2.24, 2.45) is 0 Å². The van der Waals surface area contributed by atoms with Crippen LogP contribution in [0.4, 0.5) is 0 Å². The van der Waals surface area contributed by atoms with Gasteiger partial charge in [-0.1, -0.05) is 54.6 Å². The number of aromatic carboxylic acids is 1. The highest BCUT2D eigenvalue weighted by atomic mass is 16.4. The highest BCUT2D eigenvalue weighted by Gasteiger charge is 2.01. The van der Waals surface area contributed by atoms with Gasteiger partial charge in [0.05, 0.1) is 5.97 Å². The van der Waals surface area contributed by atoms with E-state index in [2.05, 4.69) is 17.8 Å². The lowest BCUT2D eigenvalue weighted by atomic mass is 10.0. The van der Waals surface area contributed by atoms with Crippen molar-refractivity contribution in [1.82, 2.24) is 0 Å². The van der Waals surface area contributed by atoms with Crippen LogP contribution >= 0.6 is 0 Å². The van der Waals surface area contributed by atoms with Crippen molar-refractivity contribution < 1.29 is 9.90 Å². The largest absolute Gasteiger partial charge is 0.545 e. The van der Waals surface area contributed by atoms with Gasteiger partial charge < -0.3 is 9.90 Å². The fourth-order valence-corrected chi connectivity index (χ4v) is 2.12.